The van der Waals surface area contributed by atoms with Gasteiger partial charge in [0, 0.05) is 16.6 Å². The highest BCUT2D eigenvalue weighted by atomic mass is 32.1. The number of nitrogens with one attached hydrogen (secondary N) is 1. The Morgan fingerprint density at radius 1 is 1.45 bits per heavy atom. The minimum Gasteiger partial charge on any atom is -0.484 e. The van der Waals surface area contributed by atoms with Crippen LogP contribution in [0.2, 0.25) is 0 Å². The van der Waals surface area contributed by atoms with Crippen LogP contribution in [0.4, 0.5) is 0 Å². The zero-order valence-electron chi connectivity index (χ0n) is 11.1. The van der Waals surface area contributed by atoms with Gasteiger partial charge in [-0.2, -0.15) is 0 Å². The molecule has 0 unspecified atom stereocenters. The Morgan fingerprint density at radius 3 is 2.80 bits per heavy atom. The second-order valence-electron chi connectivity index (χ2n) is 4.09. The lowest BCUT2D eigenvalue weighted by atomic mass is 10.2. The predicted octanol–water partition coefficient (Wildman–Crippen LogP) is 2.25. The number of carbonyl (C=O) groups is 1. The van der Waals surface area contributed by atoms with Gasteiger partial charge in [-0.3, -0.25) is 4.79 Å². The van der Waals surface area contributed by atoms with E-state index >= 15 is 0 Å². The Balaban J connectivity index is 1.92. The first-order valence-corrected chi connectivity index (χ1v) is 6.92. The Bertz CT molecular complexity index is 626. The summed E-state index contributed by atoms with van der Waals surface area (Å²) in [6.45, 7) is 2.13. The van der Waals surface area contributed by atoms with Crippen molar-refractivity contribution in [3.8, 4) is 28.7 Å². The number of nitrogens with zero attached hydrogens (tertiary/aromatic N) is 1. The molecule has 0 aliphatic carbocycles. The fourth-order valence-corrected chi connectivity index (χ4v) is 2.33. The van der Waals surface area contributed by atoms with Crippen molar-refractivity contribution in [1.29, 1.82) is 0 Å². The number of amides is 1. The maximum absolute atomic E-state index is 11.3. The lowest BCUT2D eigenvalue weighted by Crippen LogP contribution is -2.28. The van der Waals surface area contributed by atoms with E-state index in [0.29, 0.717) is 5.75 Å². The van der Waals surface area contributed by atoms with E-state index in [2.05, 4.69) is 16.2 Å². The number of aryl methyl sites for hydroxylation is 1. The molecule has 0 saturated carbocycles. The van der Waals surface area contributed by atoms with Gasteiger partial charge in [-0.25, -0.2) is 4.98 Å². The molecule has 0 bridgehead atoms. The Kier molecular flexibility index (Phi) is 4.75. The normalized spacial score (nSPS) is 9.80. The number of carbonyl (C=O) groups excluding carboxylic acids is 1. The summed E-state index contributed by atoms with van der Waals surface area (Å²) in [6, 6.07) is 7.49. The van der Waals surface area contributed by atoms with Crippen LogP contribution in [0.15, 0.2) is 29.6 Å². The topological polar surface area (TPSA) is 51.2 Å². The third-order valence-electron chi connectivity index (χ3n) is 2.48. The minimum atomic E-state index is -0.234. The molecule has 1 heterocycles. The minimum absolute atomic E-state index is 0.0443. The fraction of sp³-hybridized carbons (Fsp3) is 0.200. The summed E-state index contributed by atoms with van der Waals surface area (Å²) >= 11 is 1.60. The molecule has 20 heavy (non-hydrogen) atoms. The number of hydrogen-bond donors (Lipinski definition) is 1. The van der Waals surface area contributed by atoms with Crippen LogP contribution in [0, 0.1) is 19.3 Å². The van der Waals surface area contributed by atoms with E-state index in [1.54, 1.807) is 11.3 Å². The number of thiazole rings is 1. The highest BCUT2D eigenvalue weighted by Gasteiger charge is 2.04. The summed E-state index contributed by atoms with van der Waals surface area (Å²) in [7, 11) is 0. The second-order valence-corrected chi connectivity index (χ2v) is 4.95. The molecule has 1 N–H and O–H groups in total. The van der Waals surface area contributed by atoms with Gasteiger partial charge in [0.25, 0.3) is 5.91 Å². The molecule has 2 aromatic rings. The van der Waals surface area contributed by atoms with Gasteiger partial charge in [0.05, 0.1) is 6.54 Å². The maximum Gasteiger partial charge on any atom is 0.258 e. The number of aromatic nitrogens is 1. The summed E-state index contributed by atoms with van der Waals surface area (Å²) in [6.07, 6.45) is 5.05. The lowest BCUT2D eigenvalue weighted by Gasteiger charge is -2.06. The molecule has 2 rings (SSSR count). The largest absolute Gasteiger partial charge is 0.484 e. The van der Waals surface area contributed by atoms with Gasteiger partial charge in [0.2, 0.25) is 0 Å². The molecule has 0 spiro atoms. The molecular weight excluding hydrogens is 272 g/mol. The van der Waals surface area contributed by atoms with Gasteiger partial charge in [0.1, 0.15) is 10.8 Å². The van der Waals surface area contributed by atoms with E-state index in [4.69, 9.17) is 11.2 Å². The van der Waals surface area contributed by atoms with Gasteiger partial charge >= 0.3 is 0 Å². The average Bonchev–Trinajstić information content (AvgIpc) is 2.90. The van der Waals surface area contributed by atoms with E-state index in [0.717, 1.165) is 16.3 Å². The number of ether oxygens (including phenoxy) is 1. The fourth-order valence-electron chi connectivity index (χ4n) is 1.53. The molecule has 5 heteroatoms. The van der Waals surface area contributed by atoms with Crippen molar-refractivity contribution in [2.75, 3.05) is 13.2 Å². The monoisotopic (exact) mass is 286 g/mol. The van der Waals surface area contributed by atoms with E-state index < -0.39 is 0 Å². The SMILES string of the molecule is C#CCNC(=O)COc1ccc(-c2nc(C)cs2)cc1. The molecule has 0 aliphatic heterocycles. The molecular formula is C15H14N2O2S. The van der Waals surface area contributed by atoms with Crippen LogP contribution in [0.5, 0.6) is 5.75 Å². The molecule has 0 atom stereocenters. The van der Waals surface area contributed by atoms with Crippen LogP contribution in [0.1, 0.15) is 5.69 Å². The van der Waals surface area contributed by atoms with E-state index in [1.807, 2.05) is 36.6 Å². The molecule has 1 aromatic carbocycles. The standard InChI is InChI=1S/C15H14N2O2S/c1-3-8-16-14(18)9-19-13-6-4-12(5-7-13)15-17-11(2)10-20-15/h1,4-7,10H,8-9H2,2H3,(H,16,18). The third-order valence-corrected chi connectivity index (χ3v) is 3.49. The summed E-state index contributed by atoms with van der Waals surface area (Å²) in [4.78, 5) is 15.7. The van der Waals surface area contributed by atoms with E-state index in [-0.39, 0.29) is 19.1 Å². The van der Waals surface area contributed by atoms with Crippen LogP contribution in [-0.2, 0) is 4.79 Å². The first kappa shape index (κ1) is 14.1. The molecule has 1 aromatic heterocycles. The van der Waals surface area contributed by atoms with Crippen molar-refractivity contribution in [3.05, 3.63) is 35.3 Å². The Hall–Kier alpha value is -2.32. The number of terminal acetylenes is 1. The zero-order valence-corrected chi connectivity index (χ0v) is 11.9. The smallest absolute Gasteiger partial charge is 0.258 e. The number of rotatable bonds is 5. The molecule has 0 saturated heterocycles. The van der Waals surface area contributed by atoms with Crippen molar-refractivity contribution >= 4 is 17.2 Å². The molecule has 1 amide bonds. The van der Waals surface area contributed by atoms with Crippen LogP contribution < -0.4 is 10.1 Å². The Morgan fingerprint density at radius 2 is 2.20 bits per heavy atom. The van der Waals surface area contributed by atoms with Crippen molar-refractivity contribution in [1.82, 2.24) is 10.3 Å². The maximum atomic E-state index is 11.3. The third kappa shape index (κ3) is 3.84. The van der Waals surface area contributed by atoms with Gasteiger partial charge in [-0.15, -0.1) is 17.8 Å². The van der Waals surface area contributed by atoms with E-state index in [9.17, 15) is 4.79 Å². The van der Waals surface area contributed by atoms with Gasteiger partial charge in [-0.05, 0) is 31.2 Å². The number of benzene rings is 1. The molecule has 4 nitrogen and oxygen atoms in total. The van der Waals surface area contributed by atoms with Gasteiger partial charge in [0.15, 0.2) is 6.61 Å². The van der Waals surface area contributed by atoms with Crippen LogP contribution in [0.25, 0.3) is 10.6 Å². The van der Waals surface area contributed by atoms with Crippen molar-refractivity contribution in [3.63, 3.8) is 0 Å². The summed E-state index contributed by atoms with van der Waals surface area (Å²) in [5.74, 6) is 2.73. The highest BCUT2D eigenvalue weighted by Crippen LogP contribution is 2.25. The quantitative estimate of drug-likeness (QED) is 0.858. The van der Waals surface area contributed by atoms with Crippen molar-refractivity contribution in [2.45, 2.75) is 6.92 Å². The molecule has 0 radical (unpaired) electrons. The molecule has 102 valence electrons. The van der Waals surface area contributed by atoms with Crippen molar-refractivity contribution in [2.24, 2.45) is 0 Å². The van der Waals surface area contributed by atoms with E-state index in [1.165, 1.54) is 0 Å². The van der Waals surface area contributed by atoms with Gasteiger partial charge in [-0.1, -0.05) is 5.92 Å². The molecule has 0 fully saturated rings. The van der Waals surface area contributed by atoms with Crippen LogP contribution in [-0.4, -0.2) is 24.0 Å². The van der Waals surface area contributed by atoms with Crippen molar-refractivity contribution < 1.29 is 9.53 Å². The summed E-state index contributed by atoms with van der Waals surface area (Å²) < 4.78 is 5.36. The zero-order chi connectivity index (χ0) is 14.4. The lowest BCUT2D eigenvalue weighted by molar-refractivity contribution is -0.122. The first-order valence-electron chi connectivity index (χ1n) is 6.04. The average molecular weight is 286 g/mol. The second kappa shape index (κ2) is 6.73. The predicted molar refractivity (Wildman–Crippen MR) is 79.6 cm³/mol. The number of hydrogen-bond acceptors (Lipinski definition) is 4. The highest BCUT2D eigenvalue weighted by molar-refractivity contribution is 7.13. The first-order chi connectivity index (χ1) is 9.69. The molecule has 0 aliphatic rings. The van der Waals surface area contributed by atoms with Crippen LogP contribution >= 0.6 is 11.3 Å². The van der Waals surface area contributed by atoms with Crippen LogP contribution in [0.3, 0.4) is 0 Å². The van der Waals surface area contributed by atoms with Gasteiger partial charge < -0.3 is 10.1 Å². The summed E-state index contributed by atoms with van der Waals surface area (Å²) in [5.41, 5.74) is 2.04. The Labute approximate surface area is 121 Å². The summed E-state index contributed by atoms with van der Waals surface area (Å²) in [5, 5.41) is 5.52.